The molecule has 0 aliphatic heterocycles. The van der Waals surface area contributed by atoms with E-state index in [1.54, 1.807) is 0 Å². The number of aryl methyl sites for hydroxylation is 1. The number of halogens is 1. The van der Waals surface area contributed by atoms with Gasteiger partial charge in [0.1, 0.15) is 5.82 Å². The van der Waals surface area contributed by atoms with Crippen molar-refractivity contribution in [1.29, 1.82) is 0 Å². The Morgan fingerprint density at radius 3 is 2.69 bits per heavy atom. The predicted octanol–water partition coefficient (Wildman–Crippen LogP) is 7.22. The number of allylic oxidation sites excluding steroid dienone is 1. The number of benzene rings is 1. The summed E-state index contributed by atoms with van der Waals surface area (Å²) in [5.41, 5.74) is 3.77. The molecule has 26 heavy (non-hydrogen) atoms. The molecule has 4 rings (SSSR count). The second kappa shape index (κ2) is 7.87. The first kappa shape index (κ1) is 18.3. The molecular weight excluding hydrogens is 319 g/mol. The molecule has 0 nitrogen and oxygen atoms in total. The number of hydrogen-bond donors (Lipinski definition) is 0. The molecule has 0 bridgehead atoms. The number of fused-ring (bicyclic) bond motifs is 2. The molecule has 0 spiro atoms. The van der Waals surface area contributed by atoms with Crippen molar-refractivity contribution >= 4 is 0 Å². The summed E-state index contributed by atoms with van der Waals surface area (Å²) in [4.78, 5) is 0. The topological polar surface area (TPSA) is 0 Å². The molecule has 2 fully saturated rings. The maximum Gasteiger partial charge on any atom is 0.126 e. The minimum absolute atomic E-state index is 0.0842. The van der Waals surface area contributed by atoms with E-state index in [-0.39, 0.29) is 5.82 Å². The van der Waals surface area contributed by atoms with Gasteiger partial charge in [-0.15, -0.1) is 6.58 Å². The van der Waals surface area contributed by atoms with Gasteiger partial charge in [-0.25, -0.2) is 4.39 Å². The Morgan fingerprint density at radius 2 is 1.85 bits per heavy atom. The van der Waals surface area contributed by atoms with E-state index < -0.39 is 0 Å². The highest BCUT2D eigenvalue weighted by atomic mass is 19.1. The normalized spacial score (nSPS) is 34.0. The Balaban J connectivity index is 1.44. The summed E-state index contributed by atoms with van der Waals surface area (Å²) in [7, 11) is 0. The van der Waals surface area contributed by atoms with Crippen LogP contribution < -0.4 is 0 Å². The summed E-state index contributed by atoms with van der Waals surface area (Å²) >= 11 is 0. The van der Waals surface area contributed by atoms with Crippen LogP contribution in [0.5, 0.6) is 0 Å². The van der Waals surface area contributed by atoms with Gasteiger partial charge in [-0.1, -0.05) is 25.5 Å². The van der Waals surface area contributed by atoms with Crippen LogP contribution in [0.1, 0.15) is 87.3 Å². The van der Waals surface area contributed by atoms with Gasteiger partial charge >= 0.3 is 0 Å². The maximum atomic E-state index is 14.9. The minimum Gasteiger partial charge on any atom is -0.207 e. The smallest absolute Gasteiger partial charge is 0.126 e. The van der Waals surface area contributed by atoms with Crippen LogP contribution in [0.4, 0.5) is 4.39 Å². The molecule has 0 N–H and O–H groups in total. The van der Waals surface area contributed by atoms with Gasteiger partial charge in [0.15, 0.2) is 0 Å². The fraction of sp³-hybridized carbons (Fsp3) is 0.680. The highest BCUT2D eigenvalue weighted by Gasteiger charge is 2.36. The SMILES string of the molecule is C=CCCC1CCC2CC(c3cc4c(cc3F)CC(C)CC4)CCC2C1. The van der Waals surface area contributed by atoms with E-state index in [1.807, 2.05) is 6.07 Å². The van der Waals surface area contributed by atoms with E-state index in [0.29, 0.717) is 11.8 Å². The molecule has 1 heteroatoms. The van der Waals surface area contributed by atoms with Crippen LogP contribution in [0, 0.1) is 29.5 Å². The molecule has 0 heterocycles. The van der Waals surface area contributed by atoms with Gasteiger partial charge in [-0.2, -0.15) is 0 Å². The molecule has 0 saturated heterocycles. The van der Waals surface area contributed by atoms with Crippen molar-refractivity contribution in [1.82, 2.24) is 0 Å². The van der Waals surface area contributed by atoms with Crippen molar-refractivity contribution in [3.05, 3.63) is 47.3 Å². The van der Waals surface area contributed by atoms with Crippen LogP contribution in [-0.4, -0.2) is 0 Å². The van der Waals surface area contributed by atoms with Crippen molar-refractivity contribution in [3.63, 3.8) is 0 Å². The molecule has 2 saturated carbocycles. The van der Waals surface area contributed by atoms with E-state index in [1.165, 1.54) is 68.9 Å². The molecule has 0 radical (unpaired) electrons. The lowest BCUT2D eigenvalue weighted by molar-refractivity contribution is 0.114. The Hall–Kier alpha value is -1.11. The molecule has 3 aliphatic rings. The summed E-state index contributed by atoms with van der Waals surface area (Å²) in [6, 6.07) is 4.15. The monoisotopic (exact) mass is 354 g/mol. The average Bonchev–Trinajstić information content (AvgIpc) is 2.65. The Morgan fingerprint density at radius 1 is 1.04 bits per heavy atom. The second-order valence-electron chi connectivity index (χ2n) is 9.57. The van der Waals surface area contributed by atoms with E-state index >= 15 is 0 Å². The Labute approximate surface area is 159 Å². The summed E-state index contributed by atoms with van der Waals surface area (Å²) in [6.07, 6.45) is 15.9. The van der Waals surface area contributed by atoms with Crippen molar-refractivity contribution in [2.75, 3.05) is 0 Å². The molecule has 0 amide bonds. The fourth-order valence-electron chi connectivity index (χ4n) is 6.18. The van der Waals surface area contributed by atoms with Crippen molar-refractivity contribution < 1.29 is 4.39 Å². The van der Waals surface area contributed by atoms with E-state index in [4.69, 9.17) is 0 Å². The quantitative estimate of drug-likeness (QED) is 0.501. The van der Waals surface area contributed by atoms with Crippen LogP contribution in [-0.2, 0) is 12.8 Å². The van der Waals surface area contributed by atoms with Gasteiger partial charge in [-0.3, -0.25) is 0 Å². The Kier molecular flexibility index (Phi) is 5.53. The van der Waals surface area contributed by atoms with E-state index in [9.17, 15) is 4.39 Å². The zero-order chi connectivity index (χ0) is 18.1. The fourth-order valence-corrected chi connectivity index (χ4v) is 6.18. The third-order valence-electron chi connectivity index (χ3n) is 7.73. The van der Waals surface area contributed by atoms with Gasteiger partial charge in [0, 0.05) is 0 Å². The highest BCUT2D eigenvalue weighted by Crippen LogP contribution is 2.49. The lowest BCUT2D eigenvalue weighted by Gasteiger charge is -2.42. The van der Waals surface area contributed by atoms with E-state index in [0.717, 1.165) is 36.2 Å². The van der Waals surface area contributed by atoms with Crippen molar-refractivity contribution in [2.24, 2.45) is 23.7 Å². The molecule has 1 aromatic rings. The predicted molar refractivity (Wildman–Crippen MR) is 108 cm³/mol. The van der Waals surface area contributed by atoms with Crippen LogP contribution in [0.15, 0.2) is 24.8 Å². The van der Waals surface area contributed by atoms with Crippen molar-refractivity contribution in [3.8, 4) is 0 Å². The molecule has 0 aromatic heterocycles. The number of rotatable bonds is 4. The van der Waals surface area contributed by atoms with Gasteiger partial charge in [0.2, 0.25) is 0 Å². The molecule has 5 unspecified atom stereocenters. The summed E-state index contributed by atoms with van der Waals surface area (Å²) in [6.45, 7) is 6.17. The van der Waals surface area contributed by atoms with Crippen LogP contribution in [0.25, 0.3) is 0 Å². The summed E-state index contributed by atoms with van der Waals surface area (Å²) in [5.74, 6) is 3.90. The largest absolute Gasteiger partial charge is 0.207 e. The van der Waals surface area contributed by atoms with E-state index in [2.05, 4.69) is 25.6 Å². The third-order valence-corrected chi connectivity index (χ3v) is 7.73. The summed E-state index contributed by atoms with van der Waals surface area (Å²) < 4.78 is 14.9. The van der Waals surface area contributed by atoms with Gasteiger partial charge in [0.05, 0.1) is 0 Å². The maximum absolute atomic E-state index is 14.9. The molecule has 142 valence electrons. The first-order valence-electron chi connectivity index (χ1n) is 11.1. The first-order valence-corrected chi connectivity index (χ1v) is 11.1. The van der Waals surface area contributed by atoms with Crippen LogP contribution >= 0.6 is 0 Å². The Bertz CT molecular complexity index is 646. The lowest BCUT2D eigenvalue weighted by Crippen LogP contribution is -2.30. The van der Waals surface area contributed by atoms with Gasteiger partial charge in [-0.05, 0) is 117 Å². The summed E-state index contributed by atoms with van der Waals surface area (Å²) in [5, 5.41) is 0. The highest BCUT2D eigenvalue weighted by molar-refractivity contribution is 5.37. The van der Waals surface area contributed by atoms with Crippen LogP contribution in [0.2, 0.25) is 0 Å². The molecule has 3 aliphatic carbocycles. The number of hydrogen-bond acceptors (Lipinski definition) is 0. The lowest BCUT2D eigenvalue weighted by atomic mass is 9.63. The average molecular weight is 355 g/mol. The van der Waals surface area contributed by atoms with Gasteiger partial charge in [0.25, 0.3) is 0 Å². The molecular formula is C25H35F. The van der Waals surface area contributed by atoms with Crippen LogP contribution in [0.3, 0.4) is 0 Å². The van der Waals surface area contributed by atoms with Crippen molar-refractivity contribution in [2.45, 2.75) is 83.5 Å². The minimum atomic E-state index is 0.0842. The first-order chi connectivity index (χ1) is 12.6. The third kappa shape index (κ3) is 3.78. The zero-order valence-corrected chi connectivity index (χ0v) is 16.5. The molecule has 1 aromatic carbocycles. The van der Waals surface area contributed by atoms with Gasteiger partial charge < -0.3 is 0 Å². The standard InChI is InChI=1S/C25H35F/c1-3-4-5-18-7-9-20-14-22(11-10-19(20)13-18)24-15-21-8-6-17(2)12-23(21)16-25(24)26/h3,15-20,22H,1,4-14H2,2H3. The second-order valence-corrected chi connectivity index (χ2v) is 9.57. The molecule has 5 atom stereocenters. The zero-order valence-electron chi connectivity index (χ0n) is 16.5.